The summed E-state index contributed by atoms with van der Waals surface area (Å²) in [5.41, 5.74) is 0. The highest BCUT2D eigenvalue weighted by Gasteiger charge is 2.02. The van der Waals surface area contributed by atoms with E-state index >= 15 is 0 Å². The molecular weight excluding hydrogens is 90.1 g/mol. The lowest BCUT2D eigenvalue weighted by atomic mass is 10.7. The zero-order valence-corrected chi connectivity index (χ0v) is 4.31. The lowest BCUT2D eigenvalue weighted by Gasteiger charge is -2.02. The molecule has 0 saturated carbocycles. The number of hydrogen-bond acceptors (Lipinski definition) is 3. The van der Waals surface area contributed by atoms with E-state index in [4.69, 9.17) is 0 Å². The lowest BCUT2D eigenvalue weighted by Crippen LogP contribution is -2.34. The second-order valence-electron chi connectivity index (χ2n) is 1.43. The van der Waals surface area contributed by atoms with E-state index in [0.29, 0.717) is 0 Å². The van der Waals surface area contributed by atoms with Crippen LogP contribution in [0.3, 0.4) is 0 Å². The molecule has 0 aromatic heterocycles. The van der Waals surface area contributed by atoms with E-state index < -0.39 is 0 Å². The number of aliphatic imine (C=N–C) groups is 1. The van der Waals surface area contributed by atoms with E-state index in [1.54, 1.807) is 0 Å². The molecule has 1 unspecified atom stereocenters. The van der Waals surface area contributed by atoms with Crippen molar-refractivity contribution >= 4 is 6.21 Å². The molecular formula is C4H9N3. The summed E-state index contributed by atoms with van der Waals surface area (Å²) in [6.07, 6.45) is 2.03. The van der Waals surface area contributed by atoms with E-state index in [-0.39, 0.29) is 6.29 Å². The van der Waals surface area contributed by atoms with E-state index in [9.17, 15) is 0 Å². The van der Waals surface area contributed by atoms with Crippen molar-refractivity contribution in [2.24, 2.45) is 4.99 Å². The van der Waals surface area contributed by atoms with Gasteiger partial charge in [-0.15, -0.1) is 0 Å². The van der Waals surface area contributed by atoms with Gasteiger partial charge in [-0.2, -0.15) is 0 Å². The molecule has 1 heterocycles. The van der Waals surface area contributed by atoms with Crippen LogP contribution in [0.15, 0.2) is 4.99 Å². The molecule has 0 fully saturated rings. The van der Waals surface area contributed by atoms with Crippen molar-refractivity contribution in [1.82, 2.24) is 10.6 Å². The fraction of sp³-hybridized carbons (Fsp3) is 0.750. The van der Waals surface area contributed by atoms with Crippen LogP contribution < -0.4 is 10.6 Å². The minimum atomic E-state index is 0.167. The fourth-order valence-corrected chi connectivity index (χ4v) is 0.552. The molecule has 0 aromatic rings. The number of nitrogens with one attached hydrogen (secondary N) is 2. The third kappa shape index (κ3) is 0.976. The minimum Gasteiger partial charge on any atom is -0.286 e. The van der Waals surface area contributed by atoms with Crippen molar-refractivity contribution in [3.63, 3.8) is 0 Å². The number of hydrogen-bond donors (Lipinski definition) is 2. The average molecular weight is 99.1 g/mol. The minimum absolute atomic E-state index is 0.167. The third-order valence-corrected chi connectivity index (χ3v) is 0.930. The highest BCUT2D eigenvalue weighted by molar-refractivity contribution is 5.61. The van der Waals surface area contributed by atoms with Gasteiger partial charge in [0.25, 0.3) is 0 Å². The molecule has 1 rings (SSSR count). The molecule has 1 atom stereocenters. The molecule has 0 spiro atoms. The van der Waals surface area contributed by atoms with Crippen molar-refractivity contribution in [3.8, 4) is 0 Å². The monoisotopic (exact) mass is 99.1 g/mol. The van der Waals surface area contributed by atoms with Crippen LogP contribution in [0.1, 0.15) is 0 Å². The van der Waals surface area contributed by atoms with Crippen LogP contribution >= 0.6 is 0 Å². The molecule has 0 amide bonds. The SMILES string of the molecule is CNC1N=CCN1. The van der Waals surface area contributed by atoms with Crippen LogP contribution in [0.25, 0.3) is 0 Å². The van der Waals surface area contributed by atoms with Crippen molar-refractivity contribution in [2.45, 2.75) is 6.29 Å². The van der Waals surface area contributed by atoms with Gasteiger partial charge in [-0.25, -0.2) is 0 Å². The maximum atomic E-state index is 4.01. The molecule has 40 valence electrons. The maximum Gasteiger partial charge on any atom is 0.153 e. The zero-order valence-electron chi connectivity index (χ0n) is 4.31. The standard InChI is InChI=1S/C4H9N3/c1-5-4-6-2-3-7-4/h2,4-5,7H,3H2,1H3. The van der Waals surface area contributed by atoms with Gasteiger partial charge in [0.2, 0.25) is 0 Å². The normalized spacial score (nSPS) is 29.0. The maximum absolute atomic E-state index is 4.01. The van der Waals surface area contributed by atoms with Gasteiger partial charge in [-0.05, 0) is 7.05 Å². The van der Waals surface area contributed by atoms with Gasteiger partial charge in [-0.1, -0.05) is 0 Å². The number of nitrogens with zero attached hydrogens (tertiary/aromatic N) is 1. The fourth-order valence-electron chi connectivity index (χ4n) is 0.552. The van der Waals surface area contributed by atoms with Crippen LogP contribution in [0.4, 0.5) is 0 Å². The molecule has 7 heavy (non-hydrogen) atoms. The molecule has 2 N–H and O–H groups in total. The Morgan fingerprint density at radius 2 is 2.86 bits per heavy atom. The van der Waals surface area contributed by atoms with Gasteiger partial charge in [0.05, 0.1) is 0 Å². The van der Waals surface area contributed by atoms with Crippen LogP contribution in [0.5, 0.6) is 0 Å². The topological polar surface area (TPSA) is 36.4 Å². The summed E-state index contributed by atoms with van der Waals surface area (Å²) in [4.78, 5) is 4.01. The highest BCUT2D eigenvalue weighted by Crippen LogP contribution is 1.81. The summed E-state index contributed by atoms with van der Waals surface area (Å²) in [7, 11) is 1.88. The van der Waals surface area contributed by atoms with Crippen LogP contribution in [0.2, 0.25) is 0 Å². The van der Waals surface area contributed by atoms with Crippen LogP contribution in [-0.2, 0) is 0 Å². The Bertz CT molecular complexity index is 79.0. The second-order valence-corrected chi connectivity index (χ2v) is 1.43. The Morgan fingerprint density at radius 3 is 3.14 bits per heavy atom. The van der Waals surface area contributed by atoms with Gasteiger partial charge in [0.1, 0.15) is 0 Å². The summed E-state index contributed by atoms with van der Waals surface area (Å²) in [6, 6.07) is 0. The van der Waals surface area contributed by atoms with Crippen LogP contribution in [-0.4, -0.2) is 26.1 Å². The summed E-state index contributed by atoms with van der Waals surface area (Å²) < 4.78 is 0. The molecule has 3 nitrogen and oxygen atoms in total. The quantitative estimate of drug-likeness (QED) is 0.450. The van der Waals surface area contributed by atoms with Gasteiger partial charge in [0.15, 0.2) is 6.29 Å². The Labute approximate surface area is 42.8 Å². The van der Waals surface area contributed by atoms with Gasteiger partial charge >= 0.3 is 0 Å². The van der Waals surface area contributed by atoms with E-state index in [1.807, 2.05) is 13.3 Å². The summed E-state index contributed by atoms with van der Waals surface area (Å²) in [6.45, 7) is 0.894. The largest absolute Gasteiger partial charge is 0.286 e. The van der Waals surface area contributed by atoms with Crippen molar-refractivity contribution in [2.75, 3.05) is 13.6 Å². The summed E-state index contributed by atoms with van der Waals surface area (Å²) in [5.74, 6) is 0. The van der Waals surface area contributed by atoms with Crippen molar-refractivity contribution in [3.05, 3.63) is 0 Å². The first-order valence-corrected chi connectivity index (χ1v) is 2.36. The van der Waals surface area contributed by atoms with Crippen molar-refractivity contribution < 1.29 is 0 Å². The predicted octanol–water partition coefficient (Wildman–Crippen LogP) is -0.837. The first-order valence-electron chi connectivity index (χ1n) is 2.36. The highest BCUT2D eigenvalue weighted by atomic mass is 15.3. The molecule has 3 heteroatoms. The Balaban J connectivity index is 2.28. The van der Waals surface area contributed by atoms with Crippen LogP contribution in [0, 0.1) is 0 Å². The van der Waals surface area contributed by atoms with Gasteiger partial charge in [-0.3, -0.25) is 15.6 Å². The molecule has 0 radical (unpaired) electrons. The van der Waals surface area contributed by atoms with E-state index in [0.717, 1.165) is 6.54 Å². The average Bonchev–Trinajstić information content (AvgIpc) is 2.14. The molecule has 0 aliphatic carbocycles. The smallest absolute Gasteiger partial charge is 0.153 e. The van der Waals surface area contributed by atoms with Crippen molar-refractivity contribution in [1.29, 1.82) is 0 Å². The Morgan fingerprint density at radius 1 is 2.00 bits per heavy atom. The summed E-state index contributed by atoms with van der Waals surface area (Å²) >= 11 is 0. The molecule has 0 aromatic carbocycles. The van der Waals surface area contributed by atoms with E-state index in [1.165, 1.54) is 0 Å². The molecule has 0 bridgehead atoms. The number of rotatable bonds is 1. The molecule has 0 saturated heterocycles. The first-order chi connectivity index (χ1) is 3.43. The Kier molecular flexibility index (Phi) is 1.38. The van der Waals surface area contributed by atoms with E-state index in [2.05, 4.69) is 15.6 Å². The third-order valence-electron chi connectivity index (χ3n) is 0.930. The molecule has 1 aliphatic heterocycles. The second kappa shape index (κ2) is 2.04. The lowest BCUT2D eigenvalue weighted by molar-refractivity contribution is 0.530. The van der Waals surface area contributed by atoms with Gasteiger partial charge in [0, 0.05) is 12.8 Å². The zero-order chi connectivity index (χ0) is 5.11. The molecule has 1 aliphatic rings. The predicted molar refractivity (Wildman–Crippen MR) is 29.3 cm³/mol. The Hall–Kier alpha value is -0.410. The summed E-state index contributed by atoms with van der Waals surface area (Å²) in [5, 5.41) is 6.03. The first kappa shape index (κ1) is 4.74. The van der Waals surface area contributed by atoms with Gasteiger partial charge < -0.3 is 0 Å².